The van der Waals surface area contributed by atoms with Crippen LogP contribution >= 0.6 is 15.9 Å². The third-order valence-corrected chi connectivity index (χ3v) is 2.99. The van der Waals surface area contributed by atoms with Crippen molar-refractivity contribution < 1.29 is 0 Å². The minimum absolute atomic E-state index is 0.672. The van der Waals surface area contributed by atoms with Gasteiger partial charge in [-0.3, -0.25) is 0 Å². The van der Waals surface area contributed by atoms with Gasteiger partial charge in [-0.25, -0.2) is 0 Å². The molecule has 0 spiro atoms. The van der Waals surface area contributed by atoms with Gasteiger partial charge >= 0.3 is 0 Å². The van der Waals surface area contributed by atoms with Gasteiger partial charge in [0.1, 0.15) is 0 Å². The fraction of sp³-hybridized carbons (Fsp3) is 0.167. The zero-order valence-electron chi connectivity index (χ0n) is 8.26. The molecule has 0 amide bonds. The van der Waals surface area contributed by atoms with E-state index in [2.05, 4.69) is 41.6 Å². The summed E-state index contributed by atoms with van der Waals surface area (Å²) in [6, 6.07) is 8.20. The molecule has 2 N–H and O–H groups in total. The third-order valence-electron chi connectivity index (χ3n) is 2.11. The number of rotatable bonds is 3. The van der Waals surface area contributed by atoms with Crippen molar-refractivity contribution in [1.82, 2.24) is 0 Å². The maximum absolute atomic E-state index is 5.79. The molecule has 0 heterocycles. The van der Waals surface area contributed by atoms with E-state index >= 15 is 0 Å². The van der Waals surface area contributed by atoms with Crippen molar-refractivity contribution in [2.24, 2.45) is 5.73 Å². The molecule has 0 aromatic heterocycles. The molecule has 14 heavy (non-hydrogen) atoms. The van der Waals surface area contributed by atoms with Gasteiger partial charge in [0.25, 0.3) is 0 Å². The van der Waals surface area contributed by atoms with Crippen LogP contribution in [-0.4, -0.2) is 0 Å². The zero-order valence-corrected chi connectivity index (χ0v) is 9.84. The van der Waals surface area contributed by atoms with Gasteiger partial charge < -0.3 is 5.73 Å². The van der Waals surface area contributed by atoms with Crippen LogP contribution in [-0.2, 0) is 6.42 Å². The van der Waals surface area contributed by atoms with Gasteiger partial charge in [0, 0.05) is 10.2 Å². The summed E-state index contributed by atoms with van der Waals surface area (Å²) in [6.07, 6.45) is 2.65. The minimum atomic E-state index is 0.672. The summed E-state index contributed by atoms with van der Waals surface area (Å²) in [4.78, 5) is 0. The van der Waals surface area contributed by atoms with Crippen molar-refractivity contribution in [3.63, 3.8) is 0 Å². The number of allylic oxidation sites excluding steroid dienone is 1. The Morgan fingerprint density at radius 1 is 1.50 bits per heavy atom. The van der Waals surface area contributed by atoms with Crippen molar-refractivity contribution >= 4 is 20.4 Å². The van der Waals surface area contributed by atoms with E-state index in [0.717, 1.165) is 16.5 Å². The number of halogens is 1. The van der Waals surface area contributed by atoms with E-state index in [1.807, 2.05) is 12.1 Å². The monoisotopic (exact) mass is 251 g/mol. The largest absolute Gasteiger partial charge is 0.398 e. The van der Waals surface area contributed by atoms with E-state index in [1.165, 1.54) is 5.56 Å². The summed E-state index contributed by atoms with van der Waals surface area (Å²) >= 11 is 3.49. The molecule has 0 aliphatic carbocycles. The summed E-state index contributed by atoms with van der Waals surface area (Å²) < 4.78 is 0.921. The Kier molecular flexibility index (Phi) is 3.96. The number of aryl methyl sites for hydroxylation is 1. The van der Waals surface area contributed by atoms with Gasteiger partial charge in [0.05, 0.1) is 0 Å². The van der Waals surface area contributed by atoms with Crippen molar-refractivity contribution in [2.45, 2.75) is 13.3 Å². The Hall–Kier alpha value is -1.02. The highest BCUT2D eigenvalue weighted by atomic mass is 79.9. The second-order valence-electron chi connectivity index (χ2n) is 2.98. The molecule has 0 saturated carbocycles. The molecule has 0 aliphatic rings. The van der Waals surface area contributed by atoms with Gasteiger partial charge in [0.2, 0.25) is 0 Å². The van der Waals surface area contributed by atoms with Crippen molar-refractivity contribution in [3.8, 4) is 0 Å². The van der Waals surface area contributed by atoms with E-state index in [0.29, 0.717) is 5.70 Å². The lowest BCUT2D eigenvalue weighted by Crippen LogP contribution is -1.97. The topological polar surface area (TPSA) is 26.0 Å². The van der Waals surface area contributed by atoms with Crippen molar-refractivity contribution in [1.29, 1.82) is 0 Å². The Morgan fingerprint density at radius 2 is 2.14 bits per heavy atom. The highest BCUT2D eigenvalue weighted by Gasteiger charge is 2.05. The van der Waals surface area contributed by atoms with Gasteiger partial charge in [-0.05, 0) is 39.6 Å². The molecule has 1 rings (SSSR count). The quantitative estimate of drug-likeness (QED) is 0.819. The second-order valence-corrected chi connectivity index (χ2v) is 3.78. The van der Waals surface area contributed by atoms with E-state index < -0.39 is 0 Å². The highest BCUT2D eigenvalue weighted by molar-refractivity contribution is 9.15. The first-order valence-electron chi connectivity index (χ1n) is 4.56. The van der Waals surface area contributed by atoms with Crippen LogP contribution in [0.3, 0.4) is 0 Å². The maximum atomic E-state index is 5.79. The molecule has 2 heteroatoms. The number of hydrogen-bond donors (Lipinski definition) is 1. The molecule has 74 valence electrons. The lowest BCUT2D eigenvalue weighted by atomic mass is 10.0. The molecule has 1 aromatic rings. The fourth-order valence-corrected chi connectivity index (χ4v) is 1.84. The van der Waals surface area contributed by atoms with Crippen LogP contribution < -0.4 is 5.73 Å². The predicted octanol–water partition coefficient (Wildman–Crippen LogP) is 3.46. The fourth-order valence-electron chi connectivity index (χ4n) is 1.29. The molecule has 1 nitrogen and oxygen atoms in total. The molecule has 0 fully saturated rings. The van der Waals surface area contributed by atoms with Gasteiger partial charge in [-0.2, -0.15) is 0 Å². The van der Waals surface area contributed by atoms with Gasteiger partial charge in [0.15, 0.2) is 0 Å². The number of benzene rings is 1. The van der Waals surface area contributed by atoms with Crippen LogP contribution in [0.25, 0.3) is 4.48 Å². The van der Waals surface area contributed by atoms with Crippen molar-refractivity contribution in [2.75, 3.05) is 0 Å². The first-order valence-corrected chi connectivity index (χ1v) is 5.36. The number of nitrogens with two attached hydrogens (primary N) is 1. The van der Waals surface area contributed by atoms with E-state index in [-0.39, 0.29) is 0 Å². The molecule has 0 atom stereocenters. The summed E-state index contributed by atoms with van der Waals surface area (Å²) in [5, 5.41) is 0. The Bertz CT molecular complexity index is 366. The van der Waals surface area contributed by atoms with E-state index in [1.54, 1.807) is 6.08 Å². The molecular weight excluding hydrogens is 238 g/mol. The second kappa shape index (κ2) is 5.01. The summed E-state index contributed by atoms with van der Waals surface area (Å²) in [5.41, 5.74) is 8.89. The molecule has 0 aliphatic heterocycles. The Labute approximate surface area is 93.4 Å². The van der Waals surface area contributed by atoms with E-state index in [9.17, 15) is 0 Å². The SMILES string of the molecule is C=C/C(N)=C(/Br)c1ccccc1CC. The predicted molar refractivity (Wildman–Crippen MR) is 66.1 cm³/mol. The Balaban J connectivity index is 3.25. The van der Waals surface area contributed by atoms with Gasteiger partial charge in [-0.1, -0.05) is 37.8 Å². The van der Waals surface area contributed by atoms with E-state index in [4.69, 9.17) is 5.73 Å². The summed E-state index contributed by atoms with van der Waals surface area (Å²) in [5.74, 6) is 0. The standard InChI is InChI=1S/C12H14BrN/c1-3-9-7-5-6-8-10(9)12(13)11(14)4-2/h4-8H,2-3,14H2,1H3/b12-11-. The summed E-state index contributed by atoms with van der Waals surface area (Å²) in [7, 11) is 0. The molecule has 1 aromatic carbocycles. The van der Waals surface area contributed by atoms with Gasteiger partial charge in [-0.15, -0.1) is 0 Å². The van der Waals surface area contributed by atoms with Crippen LogP contribution in [0.4, 0.5) is 0 Å². The first-order chi connectivity index (χ1) is 6.70. The first kappa shape index (κ1) is 11.1. The molecule has 0 bridgehead atoms. The third kappa shape index (κ3) is 2.26. The van der Waals surface area contributed by atoms with Crippen molar-refractivity contribution in [3.05, 3.63) is 53.7 Å². The van der Waals surface area contributed by atoms with Crippen LogP contribution in [0, 0.1) is 0 Å². The molecule has 0 saturated heterocycles. The highest BCUT2D eigenvalue weighted by Crippen LogP contribution is 2.26. The minimum Gasteiger partial charge on any atom is -0.398 e. The van der Waals surface area contributed by atoms with Crippen LogP contribution in [0.5, 0.6) is 0 Å². The van der Waals surface area contributed by atoms with Crippen LogP contribution in [0.15, 0.2) is 42.6 Å². The van der Waals surface area contributed by atoms with Crippen LogP contribution in [0.1, 0.15) is 18.1 Å². The maximum Gasteiger partial charge on any atom is 0.0479 e. The number of hydrogen-bond acceptors (Lipinski definition) is 1. The normalized spacial score (nSPS) is 12.1. The average Bonchev–Trinajstić information content (AvgIpc) is 2.26. The lowest BCUT2D eigenvalue weighted by molar-refractivity contribution is 1.13. The average molecular weight is 252 g/mol. The smallest absolute Gasteiger partial charge is 0.0479 e. The lowest BCUT2D eigenvalue weighted by Gasteiger charge is -2.07. The Morgan fingerprint density at radius 3 is 2.71 bits per heavy atom. The summed E-state index contributed by atoms with van der Waals surface area (Å²) in [6.45, 7) is 5.78. The molecule has 0 radical (unpaired) electrons. The zero-order chi connectivity index (χ0) is 10.6. The molecular formula is C12H14BrN. The van der Waals surface area contributed by atoms with Crippen LogP contribution in [0.2, 0.25) is 0 Å². The molecule has 0 unspecified atom stereocenters.